The molecule has 0 aliphatic carbocycles. The largest absolute Gasteiger partial charge is 0.394 e. The van der Waals surface area contributed by atoms with Crippen molar-refractivity contribution < 1.29 is 9.90 Å². The number of benzene rings is 1. The summed E-state index contributed by atoms with van der Waals surface area (Å²) in [5.41, 5.74) is 2.87. The number of rotatable bonds is 4. The summed E-state index contributed by atoms with van der Waals surface area (Å²) in [5, 5.41) is 15.5. The zero-order valence-corrected chi connectivity index (χ0v) is 11.6. The van der Waals surface area contributed by atoms with Crippen LogP contribution in [0.4, 0.5) is 5.69 Å². The number of fused-ring (bicyclic) bond motifs is 1. The third-order valence-electron chi connectivity index (χ3n) is 3.66. The van der Waals surface area contributed by atoms with Crippen LogP contribution in [0.3, 0.4) is 0 Å². The highest BCUT2D eigenvalue weighted by Gasteiger charge is 2.20. The quantitative estimate of drug-likeness (QED) is 0.775. The van der Waals surface area contributed by atoms with Crippen molar-refractivity contribution in [3.05, 3.63) is 29.3 Å². The van der Waals surface area contributed by atoms with Gasteiger partial charge in [-0.25, -0.2) is 0 Å². The van der Waals surface area contributed by atoms with E-state index in [0.29, 0.717) is 0 Å². The van der Waals surface area contributed by atoms with Gasteiger partial charge in [0.15, 0.2) is 0 Å². The molecule has 0 bridgehead atoms. The first-order valence-electron chi connectivity index (χ1n) is 6.91. The van der Waals surface area contributed by atoms with Gasteiger partial charge in [0, 0.05) is 17.8 Å². The lowest BCUT2D eigenvalue weighted by Crippen LogP contribution is -2.41. The van der Waals surface area contributed by atoms with Gasteiger partial charge < -0.3 is 15.7 Å². The maximum atomic E-state index is 12.3. The smallest absolute Gasteiger partial charge is 0.251 e. The van der Waals surface area contributed by atoms with Crippen molar-refractivity contribution in [2.45, 2.75) is 32.7 Å². The normalized spacial score (nSPS) is 15.6. The first-order valence-corrected chi connectivity index (χ1v) is 6.91. The van der Waals surface area contributed by atoms with Crippen molar-refractivity contribution in [2.24, 2.45) is 5.92 Å². The second-order valence-electron chi connectivity index (χ2n) is 5.37. The van der Waals surface area contributed by atoms with E-state index in [1.807, 2.05) is 32.0 Å². The highest BCUT2D eigenvalue weighted by atomic mass is 16.3. The van der Waals surface area contributed by atoms with E-state index in [1.165, 1.54) is 0 Å². The average molecular weight is 262 g/mol. The molecule has 4 nitrogen and oxygen atoms in total. The van der Waals surface area contributed by atoms with E-state index in [9.17, 15) is 9.90 Å². The molecular weight excluding hydrogens is 240 g/mol. The van der Waals surface area contributed by atoms with Crippen LogP contribution in [0.1, 0.15) is 36.2 Å². The number of carbonyl (C=O) groups excluding carboxylic acids is 1. The van der Waals surface area contributed by atoms with Crippen LogP contribution in [-0.4, -0.2) is 30.2 Å². The van der Waals surface area contributed by atoms with E-state index in [0.717, 1.165) is 36.2 Å². The molecule has 1 aliphatic rings. The molecule has 1 atom stereocenters. The minimum absolute atomic E-state index is 0.0311. The van der Waals surface area contributed by atoms with Crippen LogP contribution in [0.15, 0.2) is 18.2 Å². The summed E-state index contributed by atoms with van der Waals surface area (Å²) in [6.07, 6.45) is 1.97. The molecule has 1 aromatic carbocycles. The Morgan fingerprint density at radius 3 is 2.95 bits per heavy atom. The lowest BCUT2D eigenvalue weighted by atomic mass is 9.96. The third kappa shape index (κ3) is 3.07. The summed E-state index contributed by atoms with van der Waals surface area (Å²) >= 11 is 0. The van der Waals surface area contributed by atoms with Crippen molar-refractivity contribution in [2.75, 3.05) is 18.5 Å². The van der Waals surface area contributed by atoms with Crippen LogP contribution in [0.5, 0.6) is 0 Å². The van der Waals surface area contributed by atoms with E-state index in [-0.39, 0.29) is 24.5 Å². The average Bonchev–Trinajstić information content (AvgIpc) is 2.43. The molecule has 0 unspecified atom stereocenters. The van der Waals surface area contributed by atoms with Crippen molar-refractivity contribution in [3.63, 3.8) is 0 Å². The Morgan fingerprint density at radius 2 is 2.26 bits per heavy atom. The van der Waals surface area contributed by atoms with E-state index < -0.39 is 0 Å². The number of aliphatic hydroxyl groups excluding tert-OH is 1. The Balaban J connectivity index is 2.19. The summed E-state index contributed by atoms with van der Waals surface area (Å²) in [7, 11) is 0. The molecule has 0 saturated heterocycles. The molecule has 0 spiro atoms. The minimum atomic E-state index is -0.195. The SMILES string of the molecule is CC(C)[C@@H](CO)NC(=O)c1cccc2c1CCCN2. The van der Waals surface area contributed by atoms with Gasteiger partial charge in [-0.05, 0) is 36.5 Å². The fourth-order valence-electron chi connectivity index (χ4n) is 2.39. The Kier molecular flexibility index (Phi) is 4.43. The maximum absolute atomic E-state index is 12.3. The molecule has 1 heterocycles. The molecule has 0 aromatic heterocycles. The van der Waals surface area contributed by atoms with Gasteiger partial charge >= 0.3 is 0 Å². The summed E-state index contributed by atoms with van der Waals surface area (Å²) in [5.74, 6) is 0.125. The van der Waals surface area contributed by atoms with Crippen molar-refractivity contribution in [1.82, 2.24) is 5.32 Å². The molecule has 2 rings (SSSR count). The molecule has 0 radical (unpaired) electrons. The summed E-state index contributed by atoms with van der Waals surface area (Å²) in [6, 6.07) is 5.57. The molecule has 3 N–H and O–H groups in total. The van der Waals surface area contributed by atoms with Gasteiger partial charge in [0.1, 0.15) is 0 Å². The monoisotopic (exact) mass is 262 g/mol. The van der Waals surface area contributed by atoms with Crippen molar-refractivity contribution in [3.8, 4) is 0 Å². The predicted octanol–water partition coefficient (Wildman–Crippen LogP) is 1.79. The Morgan fingerprint density at radius 1 is 1.47 bits per heavy atom. The number of nitrogens with one attached hydrogen (secondary N) is 2. The fraction of sp³-hybridized carbons (Fsp3) is 0.533. The van der Waals surface area contributed by atoms with Crippen LogP contribution in [0, 0.1) is 5.92 Å². The first kappa shape index (κ1) is 13.9. The fourth-order valence-corrected chi connectivity index (χ4v) is 2.39. The molecule has 1 aromatic rings. The molecule has 19 heavy (non-hydrogen) atoms. The minimum Gasteiger partial charge on any atom is -0.394 e. The second kappa shape index (κ2) is 6.06. The third-order valence-corrected chi connectivity index (χ3v) is 3.66. The van der Waals surface area contributed by atoms with Gasteiger partial charge in [-0.2, -0.15) is 0 Å². The topological polar surface area (TPSA) is 61.4 Å². The Bertz CT molecular complexity index is 457. The van der Waals surface area contributed by atoms with E-state index in [4.69, 9.17) is 0 Å². The van der Waals surface area contributed by atoms with Crippen LogP contribution in [0.2, 0.25) is 0 Å². The van der Waals surface area contributed by atoms with Crippen LogP contribution in [0.25, 0.3) is 0 Å². The van der Waals surface area contributed by atoms with Crippen molar-refractivity contribution in [1.29, 1.82) is 0 Å². The number of carbonyl (C=O) groups is 1. The van der Waals surface area contributed by atoms with Gasteiger partial charge in [-0.15, -0.1) is 0 Å². The van der Waals surface area contributed by atoms with Gasteiger partial charge in [0.25, 0.3) is 5.91 Å². The number of anilines is 1. The van der Waals surface area contributed by atoms with Crippen LogP contribution < -0.4 is 10.6 Å². The molecular formula is C15H22N2O2. The molecule has 0 fully saturated rings. The van der Waals surface area contributed by atoms with Crippen LogP contribution >= 0.6 is 0 Å². The summed E-state index contributed by atoms with van der Waals surface area (Å²) < 4.78 is 0. The van der Waals surface area contributed by atoms with Gasteiger partial charge in [0.2, 0.25) is 0 Å². The number of hydrogen-bond acceptors (Lipinski definition) is 3. The van der Waals surface area contributed by atoms with Gasteiger partial charge in [-0.1, -0.05) is 19.9 Å². The van der Waals surface area contributed by atoms with Gasteiger partial charge in [-0.3, -0.25) is 4.79 Å². The Hall–Kier alpha value is -1.55. The molecule has 4 heteroatoms. The highest BCUT2D eigenvalue weighted by Crippen LogP contribution is 2.25. The lowest BCUT2D eigenvalue weighted by molar-refractivity contribution is 0.0896. The zero-order chi connectivity index (χ0) is 13.8. The van der Waals surface area contributed by atoms with E-state index in [1.54, 1.807) is 0 Å². The van der Waals surface area contributed by atoms with Crippen molar-refractivity contribution >= 4 is 11.6 Å². The molecule has 0 saturated carbocycles. The second-order valence-corrected chi connectivity index (χ2v) is 5.37. The number of aliphatic hydroxyl groups is 1. The number of hydrogen-bond donors (Lipinski definition) is 3. The van der Waals surface area contributed by atoms with E-state index >= 15 is 0 Å². The standard InChI is InChI=1S/C15H22N2O2/c1-10(2)14(9-18)17-15(19)12-5-3-7-13-11(12)6-4-8-16-13/h3,5,7,10,14,16,18H,4,6,8-9H2,1-2H3,(H,17,19)/t14-/m1/s1. The zero-order valence-electron chi connectivity index (χ0n) is 11.6. The first-order chi connectivity index (χ1) is 9.13. The summed E-state index contributed by atoms with van der Waals surface area (Å²) in [6.45, 7) is 4.91. The number of amides is 1. The van der Waals surface area contributed by atoms with E-state index in [2.05, 4.69) is 10.6 Å². The maximum Gasteiger partial charge on any atom is 0.251 e. The van der Waals surface area contributed by atoms with Crippen LogP contribution in [-0.2, 0) is 6.42 Å². The van der Waals surface area contributed by atoms with Gasteiger partial charge in [0.05, 0.1) is 12.6 Å². The molecule has 104 valence electrons. The molecule has 1 amide bonds. The Labute approximate surface area is 114 Å². The molecule has 1 aliphatic heterocycles. The summed E-state index contributed by atoms with van der Waals surface area (Å²) in [4.78, 5) is 12.3. The lowest BCUT2D eigenvalue weighted by Gasteiger charge is -2.23. The predicted molar refractivity (Wildman–Crippen MR) is 76.4 cm³/mol. The highest BCUT2D eigenvalue weighted by molar-refractivity contribution is 5.97.